The van der Waals surface area contributed by atoms with Crippen molar-refractivity contribution in [1.82, 2.24) is 0 Å². The standard InChI is InChI=1S/C15H20OSi/c1-11-9-14(7-8-17(4,5)6)12(2)13(3)15(11)10-16/h9-10H,1-6H3. The Kier molecular flexibility index (Phi) is 3.95. The molecule has 0 saturated carbocycles. The highest BCUT2D eigenvalue weighted by Crippen LogP contribution is 2.20. The van der Waals surface area contributed by atoms with Gasteiger partial charge in [-0.2, -0.15) is 0 Å². The summed E-state index contributed by atoms with van der Waals surface area (Å²) in [4.78, 5) is 11.0. The predicted molar refractivity (Wildman–Crippen MR) is 76.3 cm³/mol. The van der Waals surface area contributed by atoms with Crippen LogP contribution in [0.25, 0.3) is 0 Å². The van der Waals surface area contributed by atoms with Gasteiger partial charge in [0.1, 0.15) is 8.07 Å². The van der Waals surface area contributed by atoms with Gasteiger partial charge in [-0.15, -0.1) is 5.54 Å². The van der Waals surface area contributed by atoms with E-state index in [2.05, 4.69) is 31.1 Å². The van der Waals surface area contributed by atoms with E-state index in [-0.39, 0.29) is 0 Å². The summed E-state index contributed by atoms with van der Waals surface area (Å²) in [6.07, 6.45) is 0.938. The first-order chi connectivity index (χ1) is 7.76. The molecule has 0 amide bonds. The van der Waals surface area contributed by atoms with Crippen molar-refractivity contribution >= 4 is 14.4 Å². The third-order valence-electron chi connectivity index (χ3n) is 2.85. The third-order valence-corrected chi connectivity index (χ3v) is 3.72. The van der Waals surface area contributed by atoms with Crippen molar-refractivity contribution in [3.63, 3.8) is 0 Å². The van der Waals surface area contributed by atoms with Crippen molar-refractivity contribution in [1.29, 1.82) is 0 Å². The van der Waals surface area contributed by atoms with E-state index in [0.29, 0.717) is 0 Å². The van der Waals surface area contributed by atoms with E-state index in [0.717, 1.165) is 34.1 Å². The predicted octanol–water partition coefficient (Wildman–Crippen LogP) is 3.65. The van der Waals surface area contributed by atoms with Crippen LogP contribution in [0, 0.1) is 32.2 Å². The number of aldehydes is 1. The van der Waals surface area contributed by atoms with Gasteiger partial charge in [0.25, 0.3) is 0 Å². The van der Waals surface area contributed by atoms with Crippen molar-refractivity contribution < 1.29 is 4.79 Å². The Balaban J connectivity index is 3.37. The van der Waals surface area contributed by atoms with Gasteiger partial charge in [0, 0.05) is 11.1 Å². The zero-order valence-electron chi connectivity index (χ0n) is 11.6. The van der Waals surface area contributed by atoms with Gasteiger partial charge in [-0.25, -0.2) is 0 Å². The second-order valence-electron chi connectivity index (χ2n) is 5.52. The number of carbonyl (C=O) groups excluding carboxylic acids is 1. The van der Waals surface area contributed by atoms with Crippen molar-refractivity contribution in [2.24, 2.45) is 0 Å². The minimum atomic E-state index is -1.35. The van der Waals surface area contributed by atoms with Gasteiger partial charge in [-0.1, -0.05) is 25.6 Å². The van der Waals surface area contributed by atoms with Crippen LogP contribution in [0.2, 0.25) is 19.6 Å². The second-order valence-corrected chi connectivity index (χ2v) is 10.3. The molecule has 90 valence electrons. The fourth-order valence-electron chi connectivity index (χ4n) is 1.67. The van der Waals surface area contributed by atoms with E-state index in [4.69, 9.17) is 0 Å². The number of rotatable bonds is 1. The molecule has 0 N–H and O–H groups in total. The lowest BCUT2D eigenvalue weighted by Crippen LogP contribution is -2.16. The first kappa shape index (κ1) is 13.7. The van der Waals surface area contributed by atoms with E-state index in [1.54, 1.807) is 0 Å². The average Bonchev–Trinajstić information content (AvgIpc) is 2.21. The summed E-state index contributed by atoms with van der Waals surface area (Å²) in [6.45, 7) is 12.7. The molecule has 0 atom stereocenters. The Labute approximate surface area is 105 Å². The fourth-order valence-corrected chi connectivity index (χ4v) is 2.18. The van der Waals surface area contributed by atoms with Crippen LogP contribution in [-0.4, -0.2) is 14.4 Å². The van der Waals surface area contributed by atoms with Gasteiger partial charge < -0.3 is 0 Å². The third kappa shape index (κ3) is 3.31. The number of benzene rings is 1. The Hall–Kier alpha value is -1.33. The van der Waals surface area contributed by atoms with Crippen molar-refractivity contribution in [3.05, 3.63) is 33.9 Å². The van der Waals surface area contributed by atoms with Gasteiger partial charge in [-0.05, 0) is 43.5 Å². The zero-order valence-corrected chi connectivity index (χ0v) is 12.6. The van der Waals surface area contributed by atoms with Crippen LogP contribution in [-0.2, 0) is 0 Å². The van der Waals surface area contributed by atoms with Crippen molar-refractivity contribution in [2.45, 2.75) is 40.4 Å². The van der Waals surface area contributed by atoms with Crippen LogP contribution in [0.15, 0.2) is 6.07 Å². The van der Waals surface area contributed by atoms with E-state index in [9.17, 15) is 4.79 Å². The maximum Gasteiger partial charge on any atom is 0.150 e. The van der Waals surface area contributed by atoms with Gasteiger partial charge in [0.15, 0.2) is 6.29 Å². The molecule has 1 nitrogen and oxygen atoms in total. The molecule has 1 aromatic carbocycles. The van der Waals surface area contributed by atoms with Crippen LogP contribution in [0.5, 0.6) is 0 Å². The van der Waals surface area contributed by atoms with Crippen LogP contribution in [0.4, 0.5) is 0 Å². The van der Waals surface area contributed by atoms with Crippen molar-refractivity contribution in [2.75, 3.05) is 0 Å². The summed E-state index contributed by atoms with van der Waals surface area (Å²) in [5, 5.41) is 0. The molecule has 17 heavy (non-hydrogen) atoms. The summed E-state index contributed by atoms with van der Waals surface area (Å²) in [5.74, 6) is 3.28. The molecule has 0 unspecified atom stereocenters. The molecule has 0 aliphatic carbocycles. The first-order valence-corrected chi connectivity index (χ1v) is 9.35. The number of hydrogen-bond acceptors (Lipinski definition) is 1. The maximum absolute atomic E-state index is 11.0. The Morgan fingerprint density at radius 1 is 1.12 bits per heavy atom. The number of carbonyl (C=O) groups is 1. The molecule has 0 aliphatic rings. The summed E-state index contributed by atoms with van der Waals surface area (Å²) in [7, 11) is -1.35. The average molecular weight is 244 g/mol. The molecular weight excluding hydrogens is 224 g/mol. The highest BCUT2D eigenvalue weighted by atomic mass is 28.3. The lowest BCUT2D eigenvalue weighted by molar-refractivity contribution is 0.112. The van der Waals surface area contributed by atoms with E-state index in [1.807, 2.05) is 26.8 Å². The molecule has 0 radical (unpaired) electrons. The SMILES string of the molecule is Cc1cc(C#C[Si](C)(C)C)c(C)c(C)c1C=O. The summed E-state index contributed by atoms with van der Waals surface area (Å²) >= 11 is 0. The summed E-state index contributed by atoms with van der Waals surface area (Å²) < 4.78 is 0. The summed E-state index contributed by atoms with van der Waals surface area (Å²) in [6, 6.07) is 2.03. The smallest absolute Gasteiger partial charge is 0.150 e. The largest absolute Gasteiger partial charge is 0.298 e. The van der Waals surface area contributed by atoms with Gasteiger partial charge in [0.05, 0.1) is 0 Å². The minimum Gasteiger partial charge on any atom is -0.298 e. The highest BCUT2D eigenvalue weighted by molar-refractivity contribution is 6.83. The fraction of sp³-hybridized carbons (Fsp3) is 0.400. The second kappa shape index (κ2) is 4.89. The first-order valence-electron chi connectivity index (χ1n) is 5.85. The molecule has 0 spiro atoms. The molecule has 0 bridgehead atoms. The van der Waals surface area contributed by atoms with Crippen molar-refractivity contribution in [3.8, 4) is 11.5 Å². The molecule has 0 saturated heterocycles. The molecule has 0 fully saturated rings. The lowest BCUT2D eigenvalue weighted by Gasteiger charge is -2.10. The molecule has 0 aromatic heterocycles. The quantitative estimate of drug-likeness (QED) is 0.419. The number of aryl methyl sites for hydroxylation is 1. The Morgan fingerprint density at radius 2 is 1.71 bits per heavy atom. The van der Waals surface area contributed by atoms with E-state index >= 15 is 0 Å². The molecule has 0 aliphatic heterocycles. The maximum atomic E-state index is 11.0. The van der Waals surface area contributed by atoms with Crippen LogP contribution >= 0.6 is 0 Å². The minimum absolute atomic E-state index is 0.807. The topological polar surface area (TPSA) is 17.1 Å². The van der Waals surface area contributed by atoms with Crippen LogP contribution < -0.4 is 0 Å². The number of hydrogen-bond donors (Lipinski definition) is 0. The van der Waals surface area contributed by atoms with E-state index in [1.165, 1.54) is 0 Å². The molecule has 1 rings (SSSR count). The monoisotopic (exact) mass is 244 g/mol. The zero-order chi connectivity index (χ0) is 13.2. The normalized spacial score (nSPS) is 10.7. The van der Waals surface area contributed by atoms with E-state index < -0.39 is 8.07 Å². The Morgan fingerprint density at radius 3 is 2.18 bits per heavy atom. The molecular formula is C15H20OSi. The van der Waals surface area contributed by atoms with Crippen LogP contribution in [0.1, 0.15) is 32.6 Å². The summed E-state index contributed by atoms with van der Waals surface area (Å²) in [5.41, 5.74) is 8.44. The van der Waals surface area contributed by atoms with Gasteiger partial charge >= 0.3 is 0 Å². The van der Waals surface area contributed by atoms with Gasteiger partial charge in [-0.3, -0.25) is 4.79 Å². The Bertz CT molecular complexity index is 510. The molecule has 1 aromatic rings. The van der Waals surface area contributed by atoms with Gasteiger partial charge in [0.2, 0.25) is 0 Å². The molecule has 2 heteroatoms. The lowest BCUT2D eigenvalue weighted by atomic mass is 9.95. The highest BCUT2D eigenvalue weighted by Gasteiger charge is 2.10. The molecule has 0 heterocycles. The van der Waals surface area contributed by atoms with Crippen LogP contribution in [0.3, 0.4) is 0 Å².